The third kappa shape index (κ3) is 1.92. The van der Waals surface area contributed by atoms with Crippen LogP contribution in [0.3, 0.4) is 0 Å². The van der Waals surface area contributed by atoms with Crippen molar-refractivity contribution in [3.8, 4) is 17.1 Å². The number of hydrogen-bond acceptors (Lipinski definition) is 3. The number of ether oxygens (including phenoxy) is 1. The van der Waals surface area contributed by atoms with Crippen LogP contribution in [0.15, 0.2) is 36.7 Å². The molecular formula is C11H9ClN2O. The van der Waals surface area contributed by atoms with E-state index in [9.17, 15) is 0 Å². The minimum absolute atomic E-state index is 0.534. The summed E-state index contributed by atoms with van der Waals surface area (Å²) in [5.74, 6) is 1.23. The fourth-order valence-electron chi connectivity index (χ4n) is 1.28. The van der Waals surface area contributed by atoms with Crippen LogP contribution in [0.2, 0.25) is 5.02 Å². The highest BCUT2D eigenvalue weighted by Crippen LogP contribution is 2.32. The van der Waals surface area contributed by atoms with Crippen LogP contribution in [0, 0.1) is 0 Å². The van der Waals surface area contributed by atoms with Gasteiger partial charge in [-0.3, -0.25) is 0 Å². The lowest BCUT2D eigenvalue weighted by atomic mass is 10.2. The summed E-state index contributed by atoms with van der Waals surface area (Å²) in [6.45, 7) is 0. The minimum Gasteiger partial charge on any atom is -0.495 e. The molecule has 0 aliphatic carbocycles. The lowest BCUT2D eigenvalue weighted by molar-refractivity contribution is 0.415. The SMILES string of the molecule is COc1cccc(-c2ncccn2)c1Cl. The Balaban J connectivity index is 2.54. The van der Waals surface area contributed by atoms with E-state index >= 15 is 0 Å². The van der Waals surface area contributed by atoms with Gasteiger partial charge in [-0.2, -0.15) is 0 Å². The highest BCUT2D eigenvalue weighted by molar-refractivity contribution is 6.34. The van der Waals surface area contributed by atoms with Crippen LogP contribution in [0.4, 0.5) is 0 Å². The van der Waals surface area contributed by atoms with Gasteiger partial charge in [-0.15, -0.1) is 0 Å². The quantitative estimate of drug-likeness (QED) is 0.781. The van der Waals surface area contributed by atoms with Gasteiger partial charge >= 0.3 is 0 Å². The van der Waals surface area contributed by atoms with Gasteiger partial charge in [-0.1, -0.05) is 17.7 Å². The summed E-state index contributed by atoms with van der Waals surface area (Å²) in [4.78, 5) is 8.27. The maximum atomic E-state index is 6.14. The van der Waals surface area contributed by atoms with E-state index in [0.717, 1.165) is 5.56 Å². The van der Waals surface area contributed by atoms with Gasteiger partial charge in [-0.25, -0.2) is 9.97 Å². The lowest BCUT2D eigenvalue weighted by Gasteiger charge is -2.06. The summed E-state index contributed by atoms with van der Waals surface area (Å²) in [6.07, 6.45) is 3.36. The molecule has 0 aliphatic heterocycles. The molecular weight excluding hydrogens is 212 g/mol. The van der Waals surface area contributed by atoms with Gasteiger partial charge in [0, 0.05) is 18.0 Å². The van der Waals surface area contributed by atoms with E-state index in [1.54, 1.807) is 31.6 Å². The predicted octanol–water partition coefficient (Wildman–Crippen LogP) is 2.81. The number of rotatable bonds is 2. The molecule has 1 aromatic heterocycles. The van der Waals surface area contributed by atoms with Gasteiger partial charge in [-0.05, 0) is 18.2 Å². The second-order valence-corrected chi connectivity index (χ2v) is 3.27. The molecule has 0 aliphatic rings. The van der Waals surface area contributed by atoms with E-state index in [2.05, 4.69) is 9.97 Å². The first-order valence-corrected chi connectivity index (χ1v) is 4.80. The van der Waals surface area contributed by atoms with Crippen molar-refractivity contribution >= 4 is 11.6 Å². The van der Waals surface area contributed by atoms with Gasteiger partial charge < -0.3 is 4.74 Å². The first-order valence-electron chi connectivity index (χ1n) is 4.43. The number of methoxy groups -OCH3 is 1. The Kier molecular flexibility index (Phi) is 2.83. The van der Waals surface area contributed by atoms with E-state index in [4.69, 9.17) is 16.3 Å². The maximum Gasteiger partial charge on any atom is 0.160 e. The second kappa shape index (κ2) is 4.28. The van der Waals surface area contributed by atoms with Crippen LogP contribution >= 0.6 is 11.6 Å². The average Bonchev–Trinajstić information content (AvgIpc) is 2.30. The zero-order chi connectivity index (χ0) is 10.7. The zero-order valence-corrected chi connectivity index (χ0v) is 8.90. The molecule has 0 amide bonds. The molecule has 2 aromatic rings. The molecule has 0 radical (unpaired) electrons. The van der Waals surface area contributed by atoms with Crippen molar-refractivity contribution in [2.75, 3.05) is 7.11 Å². The maximum absolute atomic E-state index is 6.14. The van der Waals surface area contributed by atoms with Crippen LogP contribution in [0.5, 0.6) is 5.75 Å². The summed E-state index contributed by atoms with van der Waals surface area (Å²) in [5, 5.41) is 0.534. The molecule has 76 valence electrons. The van der Waals surface area contributed by atoms with Crippen LogP contribution in [-0.4, -0.2) is 17.1 Å². The summed E-state index contributed by atoms with van der Waals surface area (Å²) in [5.41, 5.74) is 0.775. The molecule has 0 bridgehead atoms. The molecule has 0 fully saturated rings. The zero-order valence-electron chi connectivity index (χ0n) is 8.14. The lowest BCUT2D eigenvalue weighted by Crippen LogP contribution is -1.90. The molecule has 0 N–H and O–H groups in total. The van der Waals surface area contributed by atoms with Gasteiger partial charge in [0.15, 0.2) is 5.82 Å². The normalized spacial score (nSPS) is 10.0. The smallest absolute Gasteiger partial charge is 0.160 e. The molecule has 0 atom stereocenters. The fourth-order valence-corrected chi connectivity index (χ4v) is 1.57. The second-order valence-electron chi connectivity index (χ2n) is 2.89. The van der Waals surface area contributed by atoms with Crippen molar-refractivity contribution in [3.05, 3.63) is 41.7 Å². The van der Waals surface area contributed by atoms with Crippen molar-refractivity contribution in [2.45, 2.75) is 0 Å². The topological polar surface area (TPSA) is 35.0 Å². The van der Waals surface area contributed by atoms with E-state index in [-0.39, 0.29) is 0 Å². The average molecular weight is 221 g/mol. The molecule has 4 heteroatoms. The molecule has 0 unspecified atom stereocenters. The Morgan fingerprint density at radius 3 is 2.53 bits per heavy atom. The summed E-state index contributed by atoms with van der Waals surface area (Å²) < 4.78 is 5.12. The minimum atomic E-state index is 0.534. The molecule has 2 rings (SSSR count). The summed E-state index contributed by atoms with van der Waals surface area (Å²) in [6, 6.07) is 7.28. The number of benzene rings is 1. The standard InChI is InChI=1S/C11H9ClN2O/c1-15-9-5-2-4-8(10(9)12)11-13-6-3-7-14-11/h2-7H,1H3. The third-order valence-electron chi connectivity index (χ3n) is 1.99. The fraction of sp³-hybridized carbons (Fsp3) is 0.0909. The Labute approximate surface area is 92.7 Å². The van der Waals surface area contributed by atoms with Crippen molar-refractivity contribution in [2.24, 2.45) is 0 Å². The van der Waals surface area contributed by atoms with Crippen LogP contribution < -0.4 is 4.74 Å². The number of halogens is 1. The number of hydrogen-bond donors (Lipinski definition) is 0. The van der Waals surface area contributed by atoms with Crippen LogP contribution in [0.1, 0.15) is 0 Å². The first-order chi connectivity index (χ1) is 7.33. The Morgan fingerprint density at radius 1 is 1.13 bits per heavy atom. The van der Waals surface area contributed by atoms with E-state index in [0.29, 0.717) is 16.6 Å². The van der Waals surface area contributed by atoms with Gasteiger partial charge in [0.2, 0.25) is 0 Å². The van der Waals surface area contributed by atoms with E-state index < -0.39 is 0 Å². The third-order valence-corrected chi connectivity index (χ3v) is 2.38. The van der Waals surface area contributed by atoms with Crippen molar-refractivity contribution in [1.29, 1.82) is 0 Å². The highest BCUT2D eigenvalue weighted by atomic mass is 35.5. The molecule has 0 saturated heterocycles. The van der Waals surface area contributed by atoms with Crippen molar-refractivity contribution < 1.29 is 4.74 Å². The van der Waals surface area contributed by atoms with E-state index in [1.807, 2.05) is 12.1 Å². The van der Waals surface area contributed by atoms with Crippen LogP contribution in [-0.2, 0) is 0 Å². The van der Waals surface area contributed by atoms with Crippen molar-refractivity contribution in [3.63, 3.8) is 0 Å². The molecule has 15 heavy (non-hydrogen) atoms. The first kappa shape index (κ1) is 9.93. The largest absolute Gasteiger partial charge is 0.495 e. The molecule has 0 saturated carbocycles. The van der Waals surface area contributed by atoms with Gasteiger partial charge in [0.1, 0.15) is 5.75 Å². The van der Waals surface area contributed by atoms with Crippen molar-refractivity contribution in [1.82, 2.24) is 9.97 Å². The number of aromatic nitrogens is 2. The van der Waals surface area contributed by atoms with Crippen LogP contribution in [0.25, 0.3) is 11.4 Å². The van der Waals surface area contributed by atoms with Gasteiger partial charge in [0.25, 0.3) is 0 Å². The Bertz CT molecular complexity index is 459. The van der Waals surface area contributed by atoms with Gasteiger partial charge in [0.05, 0.1) is 12.1 Å². The summed E-state index contributed by atoms with van der Waals surface area (Å²) >= 11 is 6.14. The molecule has 1 aromatic carbocycles. The Hall–Kier alpha value is -1.61. The highest BCUT2D eigenvalue weighted by Gasteiger charge is 2.09. The predicted molar refractivity (Wildman–Crippen MR) is 59.0 cm³/mol. The monoisotopic (exact) mass is 220 g/mol. The molecule has 1 heterocycles. The molecule has 0 spiro atoms. The number of nitrogens with zero attached hydrogens (tertiary/aromatic N) is 2. The Morgan fingerprint density at radius 2 is 1.87 bits per heavy atom. The molecule has 3 nitrogen and oxygen atoms in total. The summed E-state index contributed by atoms with van der Waals surface area (Å²) in [7, 11) is 1.58. The van der Waals surface area contributed by atoms with E-state index in [1.165, 1.54) is 0 Å².